The fraction of sp³-hybridized carbons (Fsp3) is 0.333. The Kier molecular flexibility index (Phi) is 2.57. The molecular formula is C12H11F2NO2. The Labute approximate surface area is 96.4 Å². The van der Waals surface area contributed by atoms with E-state index in [1.165, 1.54) is 18.4 Å². The molecule has 1 aromatic heterocycles. The van der Waals surface area contributed by atoms with Crippen LogP contribution in [0.3, 0.4) is 0 Å². The lowest BCUT2D eigenvalue weighted by molar-refractivity contribution is 0.0254. The second-order valence-electron chi connectivity index (χ2n) is 3.99. The second-order valence-corrected chi connectivity index (χ2v) is 3.99. The molecule has 1 atom stereocenters. The highest BCUT2D eigenvalue weighted by Gasteiger charge is 2.23. The monoisotopic (exact) mass is 239 g/mol. The maximum atomic E-state index is 14.1. The summed E-state index contributed by atoms with van der Waals surface area (Å²) >= 11 is 0. The van der Waals surface area contributed by atoms with Gasteiger partial charge in [-0.25, -0.2) is 8.78 Å². The highest BCUT2D eigenvalue weighted by molar-refractivity contribution is 5.79. The van der Waals surface area contributed by atoms with Crippen molar-refractivity contribution in [1.82, 2.24) is 5.32 Å². The van der Waals surface area contributed by atoms with Gasteiger partial charge in [0.2, 0.25) is 0 Å². The minimum absolute atomic E-state index is 0.0471. The third-order valence-corrected chi connectivity index (χ3v) is 2.93. The molecule has 1 aliphatic rings. The lowest BCUT2D eigenvalue weighted by Gasteiger charge is -2.24. The highest BCUT2D eigenvalue weighted by Crippen LogP contribution is 2.30. The van der Waals surface area contributed by atoms with Gasteiger partial charge in [0.1, 0.15) is 5.82 Å². The van der Waals surface area contributed by atoms with Crippen LogP contribution in [0.15, 0.2) is 22.8 Å². The summed E-state index contributed by atoms with van der Waals surface area (Å²) in [6, 6.07) is 2.60. The first-order valence-corrected chi connectivity index (χ1v) is 5.45. The first-order valence-electron chi connectivity index (χ1n) is 5.45. The van der Waals surface area contributed by atoms with Crippen LogP contribution in [0.1, 0.15) is 11.7 Å². The number of benzene rings is 1. The van der Waals surface area contributed by atoms with Crippen LogP contribution in [0.5, 0.6) is 0 Å². The van der Waals surface area contributed by atoms with Gasteiger partial charge in [-0.15, -0.1) is 0 Å². The fourth-order valence-electron chi connectivity index (χ4n) is 2.08. The molecule has 0 spiro atoms. The molecular weight excluding hydrogens is 228 g/mol. The molecule has 1 N–H and O–H groups in total. The zero-order valence-corrected chi connectivity index (χ0v) is 9.00. The number of ether oxygens (including phenoxy) is 1. The van der Waals surface area contributed by atoms with E-state index in [1.807, 2.05) is 0 Å². The molecule has 1 aromatic carbocycles. The van der Waals surface area contributed by atoms with Gasteiger partial charge < -0.3 is 14.5 Å². The molecule has 17 heavy (non-hydrogen) atoms. The van der Waals surface area contributed by atoms with Crippen molar-refractivity contribution < 1.29 is 17.9 Å². The number of fused-ring (bicyclic) bond motifs is 1. The molecule has 1 aliphatic heterocycles. The standard InChI is InChI=1S/C12H11F2NO2/c13-9-5-8(10-6-15-2-4-16-10)11(14)12-7(9)1-3-17-12/h1,3,5,10,15H,2,4,6H2. The first-order chi connectivity index (χ1) is 8.27. The zero-order valence-electron chi connectivity index (χ0n) is 9.00. The van der Waals surface area contributed by atoms with E-state index in [-0.39, 0.29) is 16.5 Å². The van der Waals surface area contributed by atoms with Gasteiger partial charge in [-0.1, -0.05) is 0 Å². The van der Waals surface area contributed by atoms with Crippen LogP contribution in [0, 0.1) is 11.6 Å². The lowest BCUT2D eigenvalue weighted by Crippen LogP contribution is -2.33. The quantitative estimate of drug-likeness (QED) is 0.829. The molecule has 3 nitrogen and oxygen atoms in total. The molecule has 1 fully saturated rings. The van der Waals surface area contributed by atoms with Gasteiger partial charge in [-0.3, -0.25) is 0 Å². The normalized spacial score (nSPS) is 20.9. The van der Waals surface area contributed by atoms with Gasteiger partial charge in [0, 0.05) is 18.7 Å². The molecule has 2 heterocycles. The summed E-state index contributed by atoms with van der Waals surface area (Å²) in [5, 5.41) is 3.24. The van der Waals surface area contributed by atoms with Crippen LogP contribution in [0.2, 0.25) is 0 Å². The lowest BCUT2D eigenvalue weighted by atomic mass is 10.1. The van der Waals surface area contributed by atoms with E-state index in [4.69, 9.17) is 9.15 Å². The Morgan fingerprint density at radius 2 is 2.24 bits per heavy atom. The van der Waals surface area contributed by atoms with Crippen LogP contribution < -0.4 is 5.32 Å². The molecule has 90 valence electrons. The minimum atomic E-state index is -0.542. The van der Waals surface area contributed by atoms with Crippen molar-refractivity contribution in [2.45, 2.75) is 6.10 Å². The van der Waals surface area contributed by atoms with Crippen molar-refractivity contribution in [3.8, 4) is 0 Å². The summed E-state index contributed by atoms with van der Waals surface area (Å²) in [5.74, 6) is -1.03. The Bertz CT molecular complexity index is 547. The van der Waals surface area contributed by atoms with Gasteiger partial charge in [-0.05, 0) is 12.1 Å². The van der Waals surface area contributed by atoms with Crippen LogP contribution in [-0.2, 0) is 4.74 Å². The SMILES string of the molecule is Fc1cc(C2CNCCO2)c(F)c2occc12. The molecule has 0 radical (unpaired) electrons. The van der Waals surface area contributed by atoms with E-state index in [0.29, 0.717) is 13.2 Å². The molecule has 5 heteroatoms. The summed E-state index contributed by atoms with van der Waals surface area (Å²) in [5.41, 5.74) is 0.159. The summed E-state index contributed by atoms with van der Waals surface area (Å²) in [4.78, 5) is 0. The number of halogens is 2. The number of rotatable bonds is 1. The van der Waals surface area contributed by atoms with Crippen molar-refractivity contribution >= 4 is 11.0 Å². The van der Waals surface area contributed by atoms with E-state index in [0.717, 1.165) is 6.54 Å². The maximum Gasteiger partial charge on any atom is 0.172 e. The number of furan rings is 1. The van der Waals surface area contributed by atoms with E-state index < -0.39 is 17.7 Å². The summed E-state index contributed by atoms with van der Waals surface area (Å²) in [6.45, 7) is 1.69. The number of hydrogen-bond donors (Lipinski definition) is 1. The summed E-state index contributed by atoms with van der Waals surface area (Å²) in [6.07, 6.45) is 0.813. The van der Waals surface area contributed by atoms with Gasteiger partial charge >= 0.3 is 0 Å². The topological polar surface area (TPSA) is 34.4 Å². The van der Waals surface area contributed by atoms with Crippen molar-refractivity contribution in [1.29, 1.82) is 0 Å². The van der Waals surface area contributed by atoms with Crippen LogP contribution in [0.4, 0.5) is 8.78 Å². The van der Waals surface area contributed by atoms with E-state index in [1.54, 1.807) is 0 Å². The summed E-state index contributed by atoms with van der Waals surface area (Å²) in [7, 11) is 0. The van der Waals surface area contributed by atoms with Crippen molar-refractivity contribution in [2.24, 2.45) is 0 Å². The Morgan fingerprint density at radius 3 is 3.00 bits per heavy atom. The molecule has 3 rings (SSSR count). The molecule has 0 bridgehead atoms. The van der Waals surface area contributed by atoms with Gasteiger partial charge in [0.25, 0.3) is 0 Å². The molecule has 1 unspecified atom stereocenters. The largest absolute Gasteiger partial charge is 0.461 e. The third-order valence-electron chi connectivity index (χ3n) is 2.93. The second kappa shape index (κ2) is 4.09. The Balaban J connectivity index is 2.12. The number of morpholine rings is 1. The maximum absolute atomic E-state index is 14.1. The summed E-state index contributed by atoms with van der Waals surface area (Å²) < 4.78 is 38.2. The van der Waals surface area contributed by atoms with Crippen LogP contribution in [-0.4, -0.2) is 19.7 Å². The smallest absolute Gasteiger partial charge is 0.172 e. The molecule has 0 aliphatic carbocycles. The van der Waals surface area contributed by atoms with Crippen molar-refractivity contribution in [3.63, 3.8) is 0 Å². The third kappa shape index (κ3) is 1.71. The van der Waals surface area contributed by atoms with Crippen molar-refractivity contribution in [2.75, 3.05) is 19.7 Å². The predicted octanol–water partition coefficient (Wildman–Crippen LogP) is 2.37. The molecule has 2 aromatic rings. The minimum Gasteiger partial charge on any atom is -0.461 e. The predicted molar refractivity (Wildman–Crippen MR) is 57.7 cm³/mol. The highest BCUT2D eigenvalue weighted by atomic mass is 19.1. The first kappa shape index (κ1) is 10.7. The van der Waals surface area contributed by atoms with Crippen LogP contribution >= 0.6 is 0 Å². The average molecular weight is 239 g/mol. The van der Waals surface area contributed by atoms with E-state index in [2.05, 4.69) is 5.32 Å². The van der Waals surface area contributed by atoms with Gasteiger partial charge in [-0.2, -0.15) is 0 Å². The number of hydrogen-bond acceptors (Lipinski definition) is 3. The number of nitrogens with one attached hydrogen (secondary N) is 1. The van der Waals surface area contributed by atoms with Gasteiger partial charge in [0.15, 0.2) is 11.4 Å². The Morgan fingerprint density at radius 1 is 1.35 bits per heavy atom. The molecule has 0 amide bonds. The van der Waals surface area contributed by atoms with Crippen LogP contribution in [0.25, 0.3) is 11.0 Å². The van der Waals surface area contributed by atoms with E-state index >= 15 is 0 Å². The van der Waals surface area contributed by atoms with Gasteiger partial charge in [0.05, 0.1) is 24.4 Å². The fourth-order valence-corrected chi connectivity index (χ4v) is 2.08. The van der Waals surface area contributed by atoms with E-state index in [9.17, 15) is 8.78 Å². The average Bonchev–Trinajstić information content (AvgIpc) is 2.85. The van der Waals surface area contributed by atoms with Crippen molar-refractivity contribution in [3.05, 3.63) is 35.6 Å². The molecule has 1 saturated heterocycles. The zero-order chi connectivity index (χ0) is 11.8. The Hall–Kier alpha value is -1.46. The molecule has 0 saturated carbocycles.